The van der Waals surface area contributed by atoms with Crippen LogP contribution in [0.5, 0.6) is 0 Å². The average molecular weight is 233 g/mol. The largest absolute Gasteiger partial charge is 0.466 e. The van der Waals surface area contributed by atoms with E-state index in [4.69, 9.17) is 15.7 Å². The van der Waals surface area contributed by atoms with E-state index >= 15 is 0 Å². The van der Waals surface area contributed by atoms with Crippen molar-refractivity contribution in [2.45, 2.75) is 13.3 Å². The monoisotopic (exact) mass is 233 g/mol. The number of carbonyl (C=O) groups is 1. The Bertz CT molecular complexity index is 438. The van der Waals surface area contributed by atoms with E-state index in [1.165, 1.54) is 0 Å². The van der Waals surface area contributed by atoms with Crippen molar-refractivity contribution >= 4 is 17.3 Å². The van der Waals surface area contributed by atoms with Gasteiger partial charge in [0, 0.05) is 6.54 Å². The van der Waals surface area contributed by atoms with E-state index in [1.54, 1.807) is 25.1 Å². The number of hydrogen-bond acceptors (Lipinski definition) is 5. The Balaban J connectivity index is 2.52. The first-order valence-corrected chi connectivity index (χ1v) is 5.36. The number of anilines is 2. The number of benzene rings is 1. The fourth-order valence-corrected chi connectivity index (χ4v) is 1.31. The maximum absolute atomic E-state index is 11.1. The molecule has 1 aromatic rings. The lowest BCUT2D eigenvalue weighted by Gasteiger charge is -2.09. The number of hydrogen-bond donors (Lipinski definition) is 2. The molecule has 0 radical (unpaired) electrons. The lowest BCUT2D eigenvalue weighted by atomic mass is 10.2. The van der Waals surface area contributed by atoms with Crippen LogP contribution in [-0.2, 0) is 9.53 Å². The van der Waals surface area contributed by atoms with Crippen LogP contribution in [0.15, 0.2) is 18.2 Å². The van der Waals surface area contributed by atoms with Gasteiger partial charge in [0.2, 0.25) is 0 Å². The smallest absolute Gasteiger partial charge is 0.307 e. The number of nitriles is 1. The molecule has 0 aromatic heterocycles. The van der Waals surface area contributed by atoms with Crippen molar-refractivity contribution in [3.63, 3.8) is 0 Å². The Morgan fingerprint density at radius 2 is 2.35 bits per heavy atom. The zero-order chi connectivity index (χ0) is 12.7. The molecule has 3 N–H and O–H groups in total. The Kier molecular flexibility index (Phi) is 4.82. The molecule has 0 saturated carbocycles. The highest BCUT2D eigenvalue weighted by molar-refractivity contribution is 5.72. The Morgan fingerprint density at radius 3 is 3.00 bits per heavy atom. The van der Waals surface area contributed by atoms with E-state index < -0.39 is 0 Å². The number of ether oxygens (including phenoxy) is 1. The highest BCUT2D eigenvalue weighted by Gasteiger charge is 2.03. The van der Waals surface area contributed by atoms with Gasteiger partial charge >= 0.3 is 5.97 Å². The van der Waals surface area contributed by atoms with Crippen molar-refractivity contribution in [2.75, 3.05) is 24.2 Å². The predicted octanol–water partition coefficient (Wildman–Crippen LogP) is 1.51. The van der Waals surface area contributed by atoms with Crippen molar-refractivity contribution in [1.82, 2.24) is 0 Å². The molecule has 0 aliphatic heterocycles. The minimum absolute atomic E-state index is 0.255. The SMILES string of the molecule is CCOC(=O)CCNc1cc(C#N)ccc1N. The first-order valence-electron chi connectivity index (χ1n) is 5.36. The molecule has 0 saturated heterocycles. The van der Waals surface area contributed by atoms with Crippen molar-refractivity contribution in [1.29, 1.82) is 5.26 Å². The summed E-state index contributed by atoms with van der Waals surface area (Å²) in [6, 6.07) is 6.98. The van der Waals surface area contributed by atoms with Crippen LogP contribution in [-0.4, -0.2) is 19.1 Å². The van der Waals surface area contributed by atoms with Gasteiger partial charge in [-0.1, -0.05) is 0 Å². The van der Waals surface area contributed by atoms with Crippen LogP contribution in [0.1, 0.15) is 18.9 Å². The molecule has 0 spiro atoms. The fourth-order valence-electron chi connectivity index (χ4n) is 1.31. The number of carbonyl (C=O) groups excluding carboxylic acids is 1. The summed E-state index contributed by atoms with van der Waals surface area (Å²) in [4.78, 5) is 11.1. The minimum Gasteiger partial charge on any atom is -0.466 e. The number of esters is 1. The molecular formula is C12H15N3O2. The summed E-state index contributed by atoms with van der Waals surface area (Å²) in [5.74, 6) is -0.255. The number of nitrogens with zero attached hydrogens (tertiary/aromatic N) is 1. The summed E-state index contributed by atoms with van der Waals surface area (Å²) < 4.78 is 4.79. The van der Waals surface area contributed by atoms with Gasteiger partial charge in [0.05, 0.1) is 36.0 Å². The Hall–Kier alpha value is -2.22. The average Bonchev–Trinajstić information content (AvgIpc) is 2.32. The Labute approximate surface area is 100 Å². The van der Waals surface area contributed by atoms with Gasteiger partial charge in [-0.3, -0.25) is 4.79 Å². The molecule has 0 amide bonds. The highest BCUT2D eigenvalue weighted by Crippen LogP contribution is 2.19. The number of nitrogens with two attached hydrogens (primary N) is 1. The number of nitrogen functional groups attached to an aromatic ring is 1. The van der Waals surface area contributed by atoms with Gasteiger partial charge in [-0.2, -0.15) is 5.26 Å². The zero-order valence-corrected chi connectivity index (χ0v) is 9.69. The van der Waals surface area contributed by atoms with Crippen molar-refractivity contribution in [3.05, 3.63) is 23.8 Å². The Morgan fingerprint density at radius 1 is 1.59 bits per heavy atom. The molecule has 0 aliphatic rings. The quantitative estimate of drug-likeness (QED) is 0.594. The van der Waals surface area contributed by atoms with E-state index in [2.05, 4.69) is 5.32 Å². The van der Waals surface area contributed by atoms with Gasteiger partial charge in [-0.05, 0) is 25.1 Å². The molecule has 0 unspecified atom stereocenters. The molecule has 17 heavy (non-hydrogen) atoms. The second-order valence-corrected chi connectivity index (χ2v) is 3.40. The molecule has 1 aromatic carbocycles. The second-order valence-electron chi connectivity index (χ2n) is 3.40. The standard InChI is InChI=1S/C12H15N3O2/c1-2-17-12(16)5-6-15-11-7-9(8-13)3-4-10(11)14/h3-4,7,15H,2,5-6,14H2,1H3. The van der Waals surface area contributed by atoms with E-state index in [9.17, 15) is 4.79 Å². The van der Waals surface area contributed by atoms with Crippen molar-refractivity contribution < 1.29 is 9.53 Å². The maximum atomic E-state index is 11.1. The maximum Gasteiger partial charge on any atom is 0.307 e. The number of rotatable bonds is 5. The zero-order valence-electron chi connectivity index (χ0n) is 9.69. The van der Waals surface area contributed by atoms with Gasteiger partial charge < -0.3 is 15.8 Å². The molecule has 0 atom stereocenters. The first kappa shape index (κ1) is 12.8. The summed E-state index contributed by atoms with van der Waals surface area (Å²) >= 11 is 0. The van der Waals surface area contributed by atoms with Crippen LogP contribution >= 0.6 is 0 Å². The van der Waals surface area contributed by atoms with Crippen molar-refractivity contribution in [2.24, 2.45) is 0 Å². The van der Waals surface area contributed by atoms with E-state index in [1.807, 2.05) is 6.07 Å². The van der Waals surface area contributed by atoms with E-state index in [0.717, 1.165) is 0 Å². The van der Waals surface area contributed by atoms with Gasteiger partial charge in [-0.25, -0.2) is 0 Å². The molecular weight excluding hydrogens is 218 g/mol. The summed E-state index contributed by atoms with van der Waals surface area (Å²) in [5.41, 5.74) is 7.47. The van der Waals surface area contributed by atoms with Crippen LogP contribution in [0.4, 0.5) is 11.4 Å². The fraction of sp³-hybridized carbons (Fsp3) is 0.333. The van der Waals surface area contributed by atoms with E-state index in [0.29, 0.717) is 30.1 Å². The molecule has 1 rings (SSSR count). The van der Waals surface area contributed by atoms with Gasteiger partial charge in [0.1, 0.15) is 0 Å². The third-order valence-electron chi connectivity index (χ3n) is 2.13. The first-order chi connectivity index (χ1) is 8.17. The van der Waals surface area contributed by atoms with Crippen LogP contribution in [0.3, 0.4) is 0 Å². The molecule has 0 fully saturated rings. The van der Waals surface area contributed by atoms with Crippen LogP contribution in [0.2, 0.25) is 0 Å². The summed E-state index contributed by atoms with van der Waals surface area (Å²) in [6.45, 7) is 2.57. The van der Waals surface area contributed by atoms with Crippen LogP contribution in [0.25, 0.3) is 0 Å². The minimum atomic E-state index is -0.255. The number of nitrogens with one attached hydrogen (secondary N) is 1. The molecule has 0 aliphatic carbocycles. The summed E-state index contributed by atoms with van der Waals surface area (Å²) in [7, 11) is 0. The van der Waals surface area contributed by atoms with Gasteiger partial charge in [0.15, 0.2) is 0 Å². The summed E-state index contributed by atoms with van der Waals surface area (Å²) in [6.07, 6.45) is 0.268. The topological polar surface area (TPSA) is 88.1 Å². The van der Waals surface area contributed by atoms with Crippen LogP contribution < -0.4 is 11.1 Å². The molecule has 0 heterocycles. The molecule has 5 heteroatoms. The normalized spacial score (nSPS) is 9.41. The molecule has 90 valence electrons. The second kappa shape index (κ2) is 6.38. The van der Waals surface area contributed by atoms with E-state index in [-0.39, 0.29) is 12.4 Å². The van der Waals surface area contributed by atoms with Gasteiger partial charge in [0.25, 0.3) is 0 Å². The predicted molar refractivity (Wildman–Crippen MR) is 65.3 cm³/mol. The third kappa shape index (κ3) is 4.03. The lowest BCUT2D eigenvalue weighted by molar-refractivity contribution is -0.142. The lowest BCUT2D eigenvalue weighted by Crippen LogP contribution is -2.12. The summed E-state index contributed by atoms with van der Waals surface area (Å²) in [5, 5.41) is 11.7. The highest BCUT2D eigenvalue weighted by atomic mass is 16.5. The molecule has 5 nitrogen and oxygen atoms in total. The van der Waals surface area contributed by atoms with Gasteiger partial charge in [-0.15, -0.1) is 0 Å². The molecule has 0 bridgehead atoms. The van der Waals surface area contributed by atoms with Crippen LogP contribution in [0, 0.1) is 11.3 Å². The third-order valence-corrected chi connectivity index (χ3v) is 2.13. The van der Waals surface area contributed by atoms with Crippen molar-refractivity contribution in [3.8, 4) is 6.07 Å².